The average molecular weight is 369 g/mol. The molecule has 3 aromatic heterocycles. The molecule has 4 rings (SSSR count). The number of aromatic nitrogens is 4. The lowest BCUT2D eigenvalue weighted by Crippen LogP contribution is -2.21. The molecule has 140 valence electrons. The smallest absolute Gasteiger partial charge is 0.215 e. The molecule has 0 amide bonds. The highest BCUT2D eigenvalue weighted by Crippen LogP contribution is 2.38. The first-order chi connectivity index (χ1) is 12.9. The summed E-state index contributed by atoms with van der Waals surface area (Å²) in [5.41, 5.74) is 4.80. The van der Waals surface area contributed by atoms with E-state index in [0.717, 1.165) is 41.8 Å². The van der Waals surface area contributed by atoms with Crippen LogP contribution in [0.1, 0.15) is 37.1 Å². The van der Waals surface area contributed by atoms with Gasteiger partial charge in [0.25, 0.3) is 0 Å². The van der Waals surface area contributed by atoms with Crippen LogP contribution in [0.2, 0.25) is 0 Å². The molecule has 3 heterocycles. The molecule has 0 atom stereocenters. The Morgan fingerprint density at radius 2 is 2.04 bits per heavy atom. The third kappa shape index (κ3) is 3.82. The number of rotatable bonds is 4. The molecule has 2 N–H and O–H groups in total. The second-order valence-corrected chi connectivity index (χ2v) is 7.78. The molecule has 1 aliphatic rings. The van der Waals surface area contributed by atoms with Crippen LogP contribution in [0.25, 0.3) is 11.3 Å². The zero-order chi connectivity index (χ0) is 19.0. The van der Waals surface area contributed by atoms with Crippen LogP contribution >= 0.6 is 0 Å². The van der Waals surface area contributed by atoms with Crippen LogP contribution in [0, 0.1) is 17.3 Å². The lowest BCUT2D eigenvalue weighted by molar-refractivity contribution is 0.312. The van der Waals surface area contributed by atoms with Gasteiger partial charge in [0.15, 0.2) is 0 Å². The van der Waals surface area contributed by atoms with E-state index in [1.54, 1.807) is 12.1 Å². The molecule has 1 aliphatic carbocycles. The maximum absolute atomic E-state index is 14.1. The molecule has 0 aliphatic heterocycles. The number of hydrogen-bond donors (Lipinski definition) is 2. The number of H-pyrrole nitrogens is 1. The monoisotopic (exact) mass is 369 g/mol. The Morgan fingerprint density at radius 3 is 2.81 bits per heavy atom. The average Bonchev–Trinajstić information content (AvgIpc) is 3.02. The fourth-order valence-electron chi connectivity index (χ4n) is 3.51. The van der Waals surface area contributed by atoms with Gasteiger partial charge in [0, 0.05) is 35.6 Å². The number of pyridine rings is 2. The number of halogens is 2. The van der Waals surface area contributed by atoms with Crippen LogP contribution in [0.5, 0.6) is 0 Å². The molecule has 7 heteroatoms. The molecule has 0 spiro atoms. The number of aromatic amines is 1. The van der Waals surface area contributed by atoms with Crippen molar-refractivity contribution in [3.05, 3.63) is 59.2 Å². The van der Waals surface area contributed by atoms with Gasteiger partial charge in [-0.2, -0.15) is 13.9 Å². The van der Waals surface area contributed by atoms with Crippen molar-refractivity contribution in [2.75, 3.05) is 5.32 Å². The third-order valence-electron chi connectivity index (χ3n) is 4.99. The van der Waals surface area contributed by atoms with Crippen LogP contribution in [0.4, 0.5) is 14.6 Å². The molecule has 0 saturated carbocycles. The highest BCUT2D eigenvalue weighted by molar-refractivity contribution is 5.67. The largest absolute Gasteiger partial charge is 0.366 e. The van der Waals surface area contributed by atoms with Crippen LogP contribution in [-0.2, 0) is 19.4 Å². The fourth-order valence-corrected chi connectivity index (χ4v) is 3.51. The van der Waals surface area contributed by atoms with Crippen LogP contribution in [-0.4, -0.2) is 20.2 Å². The van der Waals surface area contributed by atoms with Gasteiger partial charge in [0.05, 0.1) is 5.69 Å². The van der Waals surface area contributed by atoms with Gasteiger partial charge in [0.2, 0.25) is 11.9 Å². The van der Waals surface area contributed by atoms with Crippen molar-refractivity contribution in [2.24, 2.45) is 5.41 Å². The highest BCUT2D eigenvalue weighted by atomic mass is 19.1. The number of nitrogens with zero attached hydrogens (tertiary/aromatic N) is 3. The number of hydrogen-bond acceptors (Lipinski definition) is 4. The lowest BCUT2D eigenvalue weighted by atomic mass is 9.76. The van der Waals surface area contributed by atoms with Crippen molar-refractivity contribution >= 4 is 5.82 Å². The number of fused-ring (bicyclic) bond motifs is 1. The minimum Gasteiger partial charge on any atom is -0.366 e. The topological polar surface area (TPSA) is 66.5 Å². The Balaban J connectivity index is 1.58. The zero-order valence-corrected chi connectivity index (χ0v) is 15.3. The number of nitrogens with one attached hydrogen (secondary N) is 2. The van der Waals surface area contributed by atoms with E-state index in [2.05, 4.69) is 39.3 Å². The van der Waals surface area contributed by atoms with Crippen molar-refractivity contribution in [1.82, 2.24) is 20.2 Å². The second kappa shape index (κ2) is 6.72. The molecule has 0 saturated heterocycles. The summed E-state index contributed by atoms with van der Waals surface area (Å²) in [6, 6.07) is 6.11. The summed E-state index contributed by atoms with van der Waals surface area (Å²) >= 11 is 0. The van der Waals surface area contributed by atoms with Crippen molar-refractivity contribution in [3.63, 3.8) is 0 Å². The normalized spacial score (nSPS) is 15.4. The minimum absolute atomic E-state index is 0.246. The van der Waals surface area contributed by atoms with E-state index in [1.165, 1.54) is 18.3 Å². The molecule has 3 aromatic rings. The van der Waals surface area contributed by atoms with Gasteiger partial charge in [-0.05, 0) is 42.4 Å². The van der Waals surface area contributed by atoms with Gasteiger partial charge < -0.3 is 5.32 Å². The predicted octanol–water partition coefficient (Wildman–Crippen LogP) is 4.27. The Morgan fingerprint density at radius 1 is 1.19 bits per heavy atom. The van der Waals surface area contributed by atoms with E-state index >= 15 is 0 Å². The van der Waals surface area contributed by atoms with E-state index in [0.29, 0.717) is 17.9 Å². The first-order valence-corrected chi connectivity index (χ1v) is 8.98. The van der Waals surface area contributed by atoms with E-state index < -0.39 is 11.9 Å². The molecule has 0 aromatic carbocycles. The molecule has 0 fully saturated rings. The van der Waals surface area contributed by atoms with Crippen LogP contribution in [0.3, 0.4) is 0 Å². The summed E-state index contributed by atoms with van der Waals surface area (Å²) in [6.45, 7) is 4.86. The number of anilines is 1. The summed E-state index contributed by atoms with van der Waals surface area (Å²) in [5, 5.41) is 10.6. The van der Waals surface area contributed by atoms with Crippen LogP contribution < -0.4 is 5.32 Å². The van der Waals surface area contributed by atoms with Gasteiger partial charge in [-0.15, -0.1) is 0 Å². The molecule has 0 radical (unpaired) electrons. The first-order valence-electron chi connectivity index (χ1n) is 8.98. The first kappa shape index (κ1) is 17.6. The quantitative estimate of drug-likeness (QED) is 0.674. The van der Waals surface area contributed by atoms with E-state index in [1.807, 2.05) is 0 Å². The lowest BCUT2D eigenvalue weighted by Gasteiger charge is -2.29. The van der Waals surface area contributed by atoms with E-state index in [-0.39, 0.29) is 5.41 Å². The molecule has 27 heavy (non-hydrogen) atoms. The maximum atomic E-state index is 14.1. The standard InChI is InChI=1S/C20H21F2N5/c1-20(2)6-5-14-15(9-20)26-27-19(14)13-7-17(22)25-18(8-13)24-11-12-3-4-16(21)23-10-12/h3-4,7-8,10H,5-6,9,11H2,1-2H3,(H,24,25)(H,26,27). The Labute approximate surface area is 156 Å². The van der Waals surface area contributed by atoms with Crippen molar-refractivity contribution in [2.45, 2.75) is 39.7 Å². The zero-order valence-electron chi connectivity index (χ0n) is 15.3. The van der Waals surface area contributed by atoms with Crippen LogP contribution in [0.15, 0.2) is 30.5 Å². The molecular weight excluding hydrogens is 348 g/mol. The van der Waals surface area contributed by atoms with E-state index in [9.17, 15) is 8.78 Å². The predicted molar refractivity (Wildman–Crippen MR) is 99.1 cm³/mol. The van der Waals surface area contributed by atoms with Gasteiger partial charge in [-0.3, -0.25) is 5.10 Å². The summed E-state index contributed by atoms with van der Waals surface area (Å²) in [5.74, 6) is -0.696. The second-order valence-electron chi connectivity index (χ2n) is 7.78. The summed E-state index contributed by atoms with van der Waals surface area (Å²) in [4.78, 5) is 7.51. The Bertz CT molecular complexity index is 963. The maximum Gasteiger partial charge on any atom is 0.215 e. The molecule has 0 bridgehead atoms. The Hall–Kier alpha value is -2.83. The van der Waals surface area contributed by atoms with Crippen molar-refractivity contribution in [1.29, 1.82) is 0 Å². The molecule has 5 nitrogen and oxygen atoms in total. The minimum atomic E-state index is -0.569. The highest BCUT2D eigenvalue weighted by Gasteiger charge is 2.29. The van der Waals surface area contributed by atoms with Gasteiger partial charge in [-0.1, -0.05) is 19.9 Å². The summed E-state index contributed by atoms with van der Waals surface area (Å²) < 4.78 is 27.0. The molecule has 0 unspecified atom stereocenters. The fraction of sp³-hybridized carbons (Fsp3) is 0.350. The SMILES string of the molecule is CC1(C)CCc2c(-c3cc(F)nc(NCc4ccc(F)nc4)c3)n[nH]c2C1. The summed E-state index contributed by atoms with van der Waals surface area (Å²) in [6.07, 6.45) is 4.37. The van der Waals surface area contributed by atoms with Gasteiger partial charge in [-0.25, -0.2) is 9.97 Å². The van der Waals surface area contributed by atoms with Gasteiger partial charge in [0.1, 0.15) is 5.82 Å². The molecular formula is C20H21F2N5. The van der Waals surface area contributed by atoms with Crippen molar-refractivity contribution in [3.8, 4) is 11.3 Å². The Kier molecular flexibility index (Phi) is 4.37. The van der Waals surface area contributed by atoms with E-state index in [4.69, 9.17) is 0 Å². The van der Waals surface area contributed by atoms with Gasteiger partial charge >= 0.3 is 0 Å². The third-order valence-corrected chi connectivity index (χ3v) is 4.99. The summed E-state index contributed by atoms with van der Waals surface area (Å²) in [7, 11) is 0. The van der Waals surface area contributed by atoms with Crippen molar-refractivity contribution < 1.29 is 8.78 Å².